The fourth-order valence-electron chi connectivity index (χ4n) is 5.11. The second-order valence-corrected chi connectivity index (χ2v) is 10.5. The van der Waals surface area contributed by atoms with Crippen molar-refractivity contribution in [3.63, 3.8) is 0 Å². The lowest BCUT2D eigenvalue weighted by Gasteiger charge is -2.41. The van der Waals surface area contributed by atoms with Crippen LogP contribution >= 0.6 is 23.8 Å². The number of likely N-dealkylation sites (N-methyl/N-ethyl adjacent to an activating group) is 1. The summed E-state index contributed by atoms with van der Waals surface area (Å²) >= 11 is 12.9. The van der Waals surface area contributed by atoms with Gasteiger partial charge >= 0.3 is 0 Å². The van der Waals surface area contributed by atoms with Crippen LogP contribution in [-0.2, 0) is 6.54 Å². The third-order valence-electron chi connectivity index (χ3n) is 7.05. The van der Waals surface area contributed by atoms with Crippen molar-refractivity contribution in [1.82, 2.24) is 15.2 Å². The van der Waals surface area contributed by atoms with Gasteiger partial charge in [0.25, 0.3) is 0 Å². The number of hydrogen-bond acceptors (Lipinski definition) is 3. The van der Waals surface area contributed by atoms with Crippen LogP contribution in [0.15, 0.2) is 72.9 Å². The fraction of sp³-hybridized carbons (Fsp3) is 0.286. The van der Waals surface area contributed by atoms with Crippen molar-refractivity contribution in [2.75, 3.05) is 11.9 Å². The van der Waals surface area contributed by atoms with Gasteiger partial charge in [0.2, 0.25) is 0 Å². The number of aromatic nitrogens is 1. The van der Waals surface area contributed by atoms with Crippen molar-refractivity contribution >= 4 is 40.2 Å². The molecule has 2 aromatic carbocycles. The predicted octanol–water partition coefficient (Wildman–Crippen LogP) is 6.54. The molecule has 0 bridgehead atoms. The molecule has 0 amide bonds. The number of halogens is 1. The van der Waals surface area contributed by atoms with E-state index < -0.39 is 0 Å². The van der Waals surface area contributed by atoms with Crippen LogP contribution < -0.4 is 10.2 Å². The number of anilines is 1. The Hall–Kier alpha value is -2.89. The lowest BCUT2D eigenvalue weighted by atomic mass is 9.86. The molecule has 5 rings (SSSR count). The standard InChI is InChI=1S/C28H29ClN4S/c1-18-16-28(2,3)32(4)24-15-22(29)21(14-20(18)24)26-25(23-12-8-9-13-30-23)31-27(34)33(26)17-19-10-6-5-7-11-19/h5-16,25-26H,17H2,1-4H3,(H,31,34)/t25-,26+/m1/s1. The number of nitrogens with zero attached hydrogens (tertiary/aromatic N) is 3. The number of hydrogen-bond donors (Lipinski definition) is 1. The monoisotopic (exact) mass is 488 g/mol. The lowest BCUT2D eigenvalue weighted by molar-refractivity contribution is 0.311. The Bertz CT molecular complexity index is 1260. The molecule has 0 radical (unpaired) electrons. The van der Waals surface area contributed by atoms with E-state index in [0.717, 1.165) is 22.0 Å². The van der Waals surface area contributed by atoms with Gasteiger partial charge in [-0.25, -0.2) is 0 Å². The van der Waals surface area contributed by atoms with Gasteiger partial charge in [0.05, 0.1) is 23.3 Å². The number of allylic oxidation sites excluding steroid dienone is 1. The molecule has 3 heterocycles. The van der Waals surface area contributed by atoms with Crippen LogP contribution in [0.3, 0.4) is 0 Å². The minimum atomic E-state index is -0.102. The van der Waals surface area contributed by atoms with Gasteiger partial charge in [-0.1, -0.05) is 54.1 Å². The molecular formula is C28H29ClN4S. The van der Waals surface area contributed by atoms with E-state index in [1.54, 1.807) is 0 Å². The first kappa shape index (κ1) is 22.9. The number of nitrogens with one attached hydrogen (secondary N) is 1. The zero-order valence-corrected chi connectivity index (χ0v) is 21.5. The third-order valence-corrected chi connectivity index (χ3v) is 7.73. The first-order valence-electron chi connectivity index (χ1n) is 11.6. The number of benzene rings is 2. The lowest BCUT2D eigenvalue weighted by Crippen LogP contribution is -2.42. The summed E-state index contributed by atoms with van der Waals surface area (Å²) in [6.45, 7) is 7.31. The van der Waals surface area contributed by atoms with Gasteiger partial charge in [-0.15, -0.1) is 0 Å². The van der Waals surface area contributed by atoms with Gasteiger partial charge in [-0.05, 0) is 74.0 Å². The van der Waals surface area contributed by atoms with Gasteiger partial charge < -0.3 is 15.1 Å². The predicted molar refractivity (Wildman–Crippen MR) is 145 cm³/mol. The molecule has 1 N–H and O–H groups in total. The van der Waals surface area contributed by atoms with Gasteiger partial charge in [0, 0.05) is 36.1 Å². The molecule has 174 valence electrons. The van der Waals surface area contributed by atoms with Gasteiger partial charge in [0.1, 0.15) is 0 Å². The van der Waals surface area contributed by atoms with Crippen LogP contribution in [0.5, 0.6) is 0 Å². The maximum absolute atomic E-state index is 7.05. The maximum Gasteiger partial charge on any atom is 0.170 e. The molecule has 4 nitrogen and oxygen atoms in total. The maximum atomic E-state index is 7.05. The minimum Gasteiger partial charge on any atom is -0.365 e. The number of rotatable bonds is 4. The molecule has 6 heteroatoms. The normalized spacial score (nSPS) is 21.2. The zero-order chi connectivity index (χ0) is 24.0. The van der Waals surface area contributed by atoms with Crippen molar-refractivity contribution in [3.8, 4) is 0 Å². The van der Waals surface area contributed by atoms with Crippen LogP contribution in [0, 0.1) is 0 Å². The molecule has 3 aromatic rings. The summed E-state index contributed by atoms with van der Waals surface area (Å²) in [5.41, 5.74) is 6.74. The minimum absolute atomic E-state index is 0.0752. The van der Waals surface area contributed by atoms with E-state index in [-0.39, 0.29) is 17.6 Å². The van der Waals surface area contributed by atoms with Crippen LogP contribution in [0.1, 0.15) is 55.2 Å². The van der Waals surface area contributed by atoms with Crippen molar-refractivity contribution in [2.45, 2.75) is 44.9 Å². The molecule has 0 spiro atoms. The Morgan fingerprint density at radius 3 is 2.53 bits per heavy atom. The van der Waals surface area contributed by atoms with E-state index >= 15 is 0 Å². The number of thiocarbonyl (C=S) groups is 1. The topological polar surface area (TPSA) is 31.4 Å². The second kappa shape index (κ2) is 8.71. The van der Waals surface area contributed by atoms with Crippen molar-refractivity contribution < 1.29 is 0 Å². The summed E-state index contributed by atoms with van der Waals surface area (Å²) in [6.07, 6.45) is 4.15. The zero-order valence-electron chi connectivity index (χ0n) is 19.9. The highest BCUT2D eigenvalue weighted by Crippen LogP contribution is 2.47. The smallest absolute Gasteiger partial charge is 0.170 e. The second-order valence-electron chi connectivity index (χ2n) is 9.67. The molecule has 34 heavy (non-hydrogen) atoms. The summed E-state index contributed by atoms with van der Waals surface area (Å²) in [5.74, 6) is 0. The van der Waals surface area contributed by atoms with Crippen molar-refractivity contribution in [1.29, 1.82) is 0 Å². The number of pyridine rings is 1. The molecular weight excluding hydrogens is 460 g/mol. The van der Waals surface area contributed by atoms with Crippen LogP contribution in [0.2, 0.25) is 5.02 Å². The van der Waals surface area contributed by atoms with Crippen LogP contribution in [0.4, 0.5) is 5.69 Å². The molecule has 2 aliphatic rings. The van der Waals surface area contributed by atoms with Crippen molar-refractivity contribution in [3.05, 3.63) is 100 Å². The summed E-state index contributed by atoms with van der Waals surface area (Å²) in [7, 11) is 2.13. The highest BCUT2D eigenvalue weighted by Gasteiger charge is 2.41. The Morgan fingerprint density at radius 2 is 1.82 bits per heavy atom. The van der Waals surface area contributed by atoms with E-state index in [1.165, 1.54) is 16.7 Å². The molecule has 2 atom stereocenters. The molecule has 1 saturated heterocycles. The van der Waals surface area contributed by atoms with Gasteiger partial charge in [0.15, 0.2) is 5.11 Å². The highest BCUT2D eigenvalue weighted by molar-refractivity contribution is 7.80. The largest absolute Gasteiger partial charge is 0.365 e. The van der Waals surface area contributed by atoms with E-state index in [2.05, 4.69) is 90.4 Å². The van der Waals surface area contributed by atoms with E-state index in [1.807, 2.05) is 30.5 Å². The molecule has 1 fully saturated rings. The quantitative estimate of drug-likeness (QED) is 0.421. The Morgan fingerprint density at radius 1 is 1.09 bits per heavy atom. The van der Waals surface area contributed by atoms with Crippen LogP contribution in [-0.4, -0.2) is 27.6 Å². The summed E-state index contributed by atoms with van der Waals surface area (Å²) in [5, 5.41) is 4.99. The van der Waals surface area contributed by atoms with E-state index in [0.29, 0.717) is 11.7 Å². The van der Waals surface area contributed by atoms with E-state index in [9.17, 15) is 0 Å². The number of fused-ring (bicyclic) bond motifs is 1. The first-order chi connectivity index (χ1) is 16.3. The molecule has 0 unspecified atom stereocenters. The summed E-state index contributed by atoms with van der Waals surface area (Å²) in [6, 6.07) is 20.6. The van der Waals surface area contributed by atoms with Crippen LogP contribution in [0.25, 0.3) is 5.57 Å². The Balaban J connectivity index is 1.64. The first-order valence-corrected chi connectivity index (χ1v) is 12.3. The SMILES string of the molecule is CC1=CC(C)(C)N(C)c2cc(Cl)c([C@H]3[C@@H](c4ccccn4)NC(=S)N3Cc3ccccc3)cc21. The highest BCUT2D eigenvalue weighted by atomic mass is 35.5. The summed E-state index contributed by atoms with van der Waals surface area (Å²) in [4.78, 5) is 9.20. The third kappa shape index (κ3) is 3.97. The fourth-order valence-corrected chi connectivity index (χ4v) is 5.68. The average Bonchev–Trinajstić information content (AvgIpc) is 3.14. The Labute approximate surface area is 212 Å². The van der Waals surface area contributed by atoms with E-state index in [4.69, 9.17) is 23.8 Å². The Kier molecular flexibility index (Phi) is 5.86. The summed E-state index contributed by atoms with van der Waals surface area (Å²) < 4.78 is 0. The molecule has 2 aliphatic heterocycles. The van der Waals surface area contributed by atoms with Gasteiger partial charge in [-0.3, -0.25) is 4.98 Å². The average molecular weight is 489 g/mol. The molecule has 0 saturated carbocycles. The molecule has 0 aliphatic carbocycles. The molecule has 1 aromatic heterocycles. The van der Waals surface area contributed by atoms with Gasteiger partial charge in [-0.2, -0.15) is 0 Å². The van der Waals surface area contributed by atoms with Crippen molar-refractivity contribution in [2.24, 2.45) is 0 Å².